The molecule has 0 bridgehead atoms. The largest absolute Gasteiger partial charge is 0.416 e. The van der Waals surface area contributed by atoms with Crippen molar-refractivity contribution in [1.29, 1.82) is 0 Å². The van der Waals surface area contributed by atoms with E-state index in [4.69, 9.17) is 5.14 Å². The van der Waals surface area contributed by atoms with Gasteiger partial charge in [-0.25, -0.2) is 18.5 Å². The molecule has 2 N–H and O–H groups in total. The predicted molar refractivity (Wildman–Crippen MR) is 133 cm³/mol. The minimum Gasteiger partial charge on any atom is -0.343 e. The van der Waals surface area contributed by atoms with Gasteiger partial charge in [0.05, 0.1) is 30.2 Å². The minimum absolute atomic E-state index is 0.0173. The molecule has 4 rings (SSSR count). The molecule has 0 atom stereocenters. The molecule has 3 heterocycles. The number of benzene rings is 1. The van der Waals surface area contributed by atoms with Gasteiger partial charge in [-0.05, 0) is 49.4 Å². The zero-order valence-electron chi connectivity index (χ0n) is 19.8. The molecule has 0 aliphatic carbocycles. The number of amides is 1. The summed E-state index contributed by atoms with van der Waals surface area (Å²) < 4.78 is 63.4. The van der Waals surface area contributed by atoms with Crippen LogP contribution in [0.5, 0.6) is 0 Å². The van der Waals surface area contributed by atoms with Crippen molar-refractivity contribution in [3.05, 3.63) is 53.0 Å². The van der Waals surface area contributed by atoms with Crippen molar-refractivity contribution in [1.82, 2.24) is 24.9 Å². The first kappa shape index (κ1) is 27.5. The van der Waals surface area contributed by atoms with Crippen LogP contribution in [0.25, 0.3) is 0 Å². The predicted octanol–water partition coefficient (Wildman–Crippen LogP) is 3.47. The highest BCUT2D eigenvalue weighted by molar-refractivity contribution is 8.02. The molecular formula is C22H25F3N6O3S3. The SMILES string of the molecule is Cc1cnn(Cc2cc(C(F)(F)F)ccc2CCC(=O)N2CCC(Sc3ncc(S(N)(=O)=O)s3)CC2)n1. The van der Waals surface area contributed by atoms with Gasteiger partial charge in [0.25, 0.3) is 0 Å². The number of halogens is 3. The van der Waals surface area contributed by atoms with Gasteiger partial charge >= 0.3 is 6.18 Å². The number of carbonyl (C=O) groups excluding carboxylic acids is 1. The van der Waals surface area contributed by atoms with Gasteiger partial charge in [0.15, 0.2) is 8.55 Å². The van der Waals surface area contributed by atoms with E-state index in [1.165, 1.54) is 35.0 Å². The summed E-state index contributed by atoms with van der Waals surface area (Å²) in [5.74, 6) is -0.0619. The Balaban J connectivity index is 1.34. The van der Waals surface area contributed by atoms with Crippen LogP contribution in [0, 0.1) is 6.92 Å². The van der Waals surface area contributed by atoms with Gasteiger partial charge in [-0.2, -0.15) is 28.2 Å². The molecular weight excluding hydrogens is 549 g/mol. The van der Waals surface area contributed by atoms with Crippen molar-refractivity contribution in [3.8, 4) is 0 Å². The first-order chi connectivity index (χ1) is 17.4. The Morgan fingerprint density at radius 1 is 1.22 bits per heavy atom. The molecule has 200 valence electrons. The van der Waals surface area contributed by atoms with Crippen LogP contribution in [0.15, 0.2) is 39.1 Å². The fourth-order valence-electron chi connectivity index (χ4n) is 4.00. The van der Waals surface area contributed by atoms with E-state index in [9.17, 15) is 26.4 Å². The molecule has 1 aliphatic rings. The lowest BCUT2D eigenvalue weighted by atomic mass is 9.99. The van der Waals surface area contributed by atoms with Crippen molar-refractivity contribution in [2.24, 2.45) is 5.14 Å². The van der Waals surface area contributed by atoms with Gasteiger partial charge in [0.1, 0.15) is 0 Å². The molecule has 3 aromatic rings. The Morgan fingerprint density at radius 3 is 2.54 bits per heavy atom. The van der Waals surface area contributed by atoms with Crippen molar-refractivity contribution in [3.63, 3.8) is 0 Å². The summed E-state index contributed by atoms with van der Waals surface area (Å²) in [6, 6.07) is 3.56. The van der Waals surface area contributed by atoms with Gasteiger partial charge < -0.3 is 4.90 Å². The van der Waals surface area contributed by atoms with Crippen LogP contribution >= 0.6 is 23.1 Å². The lowest BCUT2D eigenvalue weighted by molar-refractivity contribution is -0.137. The maximum atomic E-state index is 13.3. The maximum absolute atomic E-state index is 13.3. The molecule has 15 heteroatoms. The zero-order chi connectivity index (χ0) is 26.8. The normalized spacial score (nSPS) is 15.3. The first-order valence-corrected chi connectivity index (χ1v) is 14.6. The molecule has 1 fully saturated rings. The summed E-state index contributed by atoms with van der Waals surface area (Å²) in [4.78, 5) is 20.1. The van der Waals surface area contributed by atoms with Crippen molar-refractivity contribution in [2.75, 3.05) is 13.1 Å². The summed E-state index contributed by atoms with van der Waals surface area (Å²) >= 11 is 2.51. The number of nitrogens with zero attached hydrogens (tertiary/aromatic N) is 5. The minimum atomic E-state index is -4.47. The number of alkyl halides is 3. The monoisotopic (exact) mass is 574 g/mol. The Labute approximate surface area is 220 Å². The number of carbonyl (C=O) groups is 1. The molecule has 1 aromatic carbocycles. The number of rotatable bonds is 8. The second kappa shape index (κ2) is 11.1. The average molecular weight is 575 g/mol. The fraction of sp³-hybridized carbons (Fsp3) is 0.455. The zero-order valence-corrected chi connectivity index (χ0v) is 22.3. The van der Waals surface area contributed by atoms with Crippen molar-refractivity contribution in [2.45, 2.75) is 59.1 Å². The molecule has 0 unspecified atom stereocenters. The molecule has 1 saturated heterocycles. The third-order valence-electron chi connectivity index (χ3n) is 5.91. The summed E-state index contributed by atoms with van der Waals surface area (Å²) in [6.45, 7) is 2.91. The van der Waals surface area contributed by atoms with E-state index in [2.05, 4.69) is 15.2 Å². The molecule has 37 heavy (non-hydrogen) atoms. The Kier molecular flexibility index (Phi) is 8.26. The number of hydrogen-bond donors (Lipinski definition) is 1. The molecule has 1 amide bonds. The average Bonchev–Trinajstić information content (AvgIpc) is 3.46. The van der Waals surface area contributed by atoms with Crippen LogP contribution in [0.2, 0.25) is 0 Å². The van der Waals surface area contributed by atoms with Crippen LogP contribution in [-0.4, -0.2) is 57.5 Å². The van der Waals surface area contributed by atoms with Crippen LogP contribution < -0.4 is 5.14 Å². The van der Waals surface area contributed by atoms with Gasteiger partial charge in [-0.3, -0.25) is 4.79 Å². The summed E-state index contributed by atoms with van der Waals surface area (Å²) in [5.41, 5.74) is 0.981. The number of likely N-dealkylation sites (tertiary alicyclic amines) is 1. The van der Waals surface area contributed by atoms with Crippen LogP contribution in [-0.2, 0) is 34.0 Å². The van der Waals surface area contributed by atoms with E-state index in [1.807, 2.05) is 0 Å². The quantitative estimate of drug-likeness (QED) is 0.437. The fourth-order valence-corrected chi connectivity index (χ4v) is 7.16. The molecule has 2 aromatic heterocycles. The second-order valence-corrected chi connectivity index (χ2v) is 13.1. The Hall–Kier alpha value is -2.49. The lowest BCUT2D eigenvalue weighted by Crippen LogP contribution is -2.39. The topological polar surface area (TPSA) is 124 Å². The molecule has 1 aliphatic heterocycles. The Bertz CT molecular complexity index is 1370. The molecule has 0 saturated carbocycles. The van der Waals surface area contributed by atoms with Crippen molar-refractivity contribution < 1.29 is 26.4 Å². The van der Waals surface area contributed by atoms with E-state index >= 15 is 0 Å². The van der Waals surface area contributed by atoms with Crippen molar-refractivity contribution >= 4 is 39.0 Å². The van der Waals surface area contributed by atoms with Gasteiger partial charge in [0, 0.05) is 24.8 Å². The summed E-state index contributed by atoms with van der Waals surface area (Å²) in [6.07, 6.45) is 0.222. The van der Waals surface area contributed by atoms with E-state index in [0.29, 0.717) is 40.7 Å². The number of aromatic nitrogens is 4. The number of hydrogen-bond acceptors (Lipinski definition) is 8. The van der Waals surface area contributed by atoms with Gasteiger partial charge in [0.2, 0.25) is 15.9 Å². The standard InChI is InChI=1S/C22H25F3N6O3S3/c1-14-11-28-31(29-14)13-16-10-17(22(23,24)25)4-2-15(16)3-5-19(32)30-8-6-18(7-9-30)35-21-27-12-20(36-21)37(26,33)34/h2,4,10-12,18H,3,5-9,13H2,1H3,(H2,26,33,34). The number of piperidine rings is 1. The first-order valence-electron chi connectivity index (χ1n) is 11.4. The summed E-state index contributed by atoms with van der Waals surface area (Å²) in [5, 5.41) is 13.6. The van der Waals surface area contributed by atoms with E-state index in [1.54, 1.807) is 11.8 Å². The number of thioether (sulfide) groups is 1. The lowest BCUT2D eigenvalue weighted by Gasteiger charge is -2.31. The third-order valence-corrected chi connectivity index (χ3v) is 9.76. The van der Waals surface area contributed by atoms with Crippen LogP contribution in [0.1, 0.15) is 41.6 Å². The van der Waals surface area contributed by atoms with Gasteiger partial charge in [-0.1, -0.05) is 29.2 Å². The number of aryl methyl sites for hydroxylation is 2. The summed E-state index contributed by atoms with van der Waals surface area (Å²) in [7, 11) is -3.78. The smallest absolute Gasteiger partial charge is 0.343 e. The maximum Gasteiger partial charge on any atom is 0.416 e. The van der Waals surface area contributed by atoms with Crippen LogP contribution in [0.4, 0.5) is 13.2 Å². The second-order valence-electron chi connectivity index (χ2n) is 8.69. The molecule has 0 radical (unpaired) electrons. The highest BCUT2D eigenvalue weighted by atomic mass is 32.3. The molecule has 0 spiro atoms. The highest BCUT2D eigenvalue weighted by Gasteiger charge is 2.31. The van der Waals surface area contributed by atoms with E-state index in [0.717, 1.165) is 36.3 Å². The van der Waals surface area contributed by atoms with Gasteiger partial charge in [-0.15, -0.1) is 0 Å². The number of nitrogens with two attached hydrogens (primary N) is 1. The molecule has 9 nitrogen and oxygen atoms in total. The van der Waals surface area contributed by atoms with E-state index in [-0.39, 0.29) is 28.3 Å². The highest BCUT2D eigenvalue weighted by Crippen LogP contribution is 2.34. The van der Waals surface area contributed by atoms with Crippen LogP contribution in [0.3, 0.4) is 0 Å². The number of sulfonamides is 1. The number of thiazole rings is 1. The Morgan fingerprint density at radius 2 is 1.95 bits per heavy atom. The van der Waals surface area contributed by atoms with E-state index < -0.39 is 21.8 Å². The third kappa shape index (κ3) is 7.30. The number of primary sulfonamides is 1.